The molecule has 0 radical (unpaired) electrons. The molecule has 1 unspecified atom stereocenters. The summed E-state index contributed by atoms with van der Waals surface area (Å²) in [6.45, 7) is 1.36. The van der Waals surface area contributed by atoms with Crippen LogP contribution in [0.15, 0.2) is 39.5 Å². The summed E-state index contributed by atoms with van der Waals surface area (Å²) in [6, 6.07) is 7.16. The van der Waals surface area contributed by atoms with E-state index in [9.17, 15) is 14.4 Å². The number of hydrogen-bond acceptors (Lipinski definition) is 4. The van der Waals surface area contributed by atoms with Crippen molar-refractivity contribution in [3.63, 3.8) is 0 Å². The van der Waals surface area contributed by atoms with E-state index in [0.717, 1.165) is 4.90 Å². The molecule has 1 atom stereocenters. The predicted molar refractivity (Wildman–Crippen MR) is 71.7 cm³/mol. The van der Waals surface area contributed by atoms with Crippen LogP contribution in [-0.2, 0) is 4.79 Å². The summed E-state index contributed by atoms with van der Waals surface area (Å²) in [4.78, 5) is 35.8. The van der Waals surface area contributed by atoms with Crippen molar-refractivity contribution in [3.8, 4) is 0 Å². The minimum Gasteiger partial charge on any atom is -0.480 e. The second-order valence-corrected chi connectivity index (χ2v) is 4.42. The molecular weight excluding hydrogens is 262 g/mol. The largest absolute Gasteiger partial charge is 0.480 e. The Hall–Kier alpha value is -2.63. The van der Waals surface area contributed by atoms with Gasteiger partial charge in [-0.05, 0) is 19.1 Å². The molecular formula is C14H13NO5. The van der Waals surface area contributed by atoms with Gasteiger partial charge in [0.05, 0.1) is 0 Å². The number of rotatable bonds is 3. The molecule has 0 aliphatic rings. The van der Waals surface area contributed by atoms with Crippen LogP contribution in [0.4, 0.5) is 0 Å². The Morgan fingerprint density at radius 2 is 1.95 bits per heavy atom. The molecule has 2 aromatic rings. The van der Waals surface area contributed by atoms with Gasteiger partial charge in [0.25, 0.3) is 5.91 Å². The van der Waals surface area contributed by atoms with Crippen molar-refractivity contribution in [1.82, 2.24) is 4.90 Å². The Labute approximate surface area is 114 Å². The average molecular weight is 275 g/mol. The molecule has 1 amide bonds. The van der Waals surface area contributed by atoms with Crippen LogP contribution < -0.4 is 5.63 Å². The highest BCUT2D eigenvalue weighted by atomic mass is 16.4. The van der Waals surface area contributed by atoms with Crippen LogP contribution in [0.2, 0.25) is 0 Å². The predicted octanol–water partition coefficient (Wildman–Crippen LogP) is 1.34. The topological polar surface area (TPSA) is 87.8 Å². The summed E-state index contributed by atoms with van der Waals surface area (Å²) < 4.78 is 5.05. The van der Waals surface area contributed by atoms with Crippen molar-refractivity contribution in [2.45, 2.75) is 13.0 Å². The van der Waals surface area contributed by atoms with Gasteiger partial charge < -0.3 is 14.4 Å². The summed E-state index contributed by atoms with van der Waals surface area (Å²) in [6.07, 6.45) is 0. The number of carbonyl (C=O) groups is 2. The number of hydrogen-bond donors (Lipinski definition) is 1. The van der Waals surface area contributed by atoms with Gasteiger partial charge in [0.15, 0.2) is 0 Å². The van der Waals surface area contributed by atoms with Crippen LogP contribution >= 0.6 is 0 Å². The van der Waals surface area contributed by atoms with E-state index in [-0.39, 0.29) is 5.56 Å². The second-order valence-electron chi connectivity index (χ2n) is 4.42. The number of fused-ring (bicyclic) bond motifs is 1. The Morgan fingerprint density at radius 1 is 1.30 bits per heavy atom. The highest BCUT2D eigenvalue weighted by Crippen LogP contribution is 2.14. The Kier molecular flexibility index (Phi) is 3.56. The first-order valence-electron chi connectivity index (χ1n) is 5.94. The maximum atomic E-state index is 12.2. The lowest BCUT2D eigenvalue weighted by molar-refractivity contribution is -0.141. The molecule has 6 nitrogen and oxygen atoms in total. The molecule has 1 N–H and O–H groups in total. The first-order chi connectivity index (χ1) is 9.41. The minimum absolute atomic E-state index is 0.181. The Balaban J connectivity index is 2.47. The molecule has 0 saturated heterocycles. The number of amides is 1. The zero-order valence-electron chi connectivity index (χ0n) is 11.0. The Morgan fingerprint density at radius 3 is 2.60 bits per heavy atom. The molecule has 0 spiro atoms. The molecule has 0 saturated carbocycles. The molecule has 1 aromatic heterocycles. The first-order valence-corrected chi connectivity index (χ1v) is 5.94. The van der Waals surface area contributed by atoms with E-state index in [0.29, 0.717) is 11.0 Å². The van der Waals surface area contributed by atoms with E-state index in [1.807, 2.05) is 0 Å². The van der Waals surface area contributed by atoms with Gasteiger partial charge in [-0.2, -0.15) is 0 Å². The zero-order chi connectivity index (χ0) is 14.9. The maximum absolute atomic E-state index is 12.2. The maximum Gasteiger partial charge on any atom is 0.349 e. The van der Waals surface area contributed by atoms with Crippen molar-refractivity contribution in [1.29, 1.82) is 0 Å². The number of nitrogens with zero attached hydrogens (tertiary/aromatic N) is 1. The van der Waals surface area contributed by atoms with Crippen LogP contribution in [0.1, 0.15) is 17.3 Å². The number of carboxylic acids is 1. The van der Waals surface area contributed by atoms with E-state index in [4.69, 9.17) is 9.52 Å². The van der Waals surface area contributed by atoms with E-state index in [2.05, 4.69) is 0 Å². The quantitative estimate of drug-likeness (QED) is 0.854. The Bertz CT molecular complexity index is 734. The summed E-state index contributed by atoms with van der Waals surface area (Å²) >= 11 is 0. The van der Waals surface area contributed by atoms with Crippen molar-refractivity contribution >= 4 is 22.8 Å². The molecule has 0 aliphatic heterocycles. The van der Waals surface area contributed by atoms with Crippen LogP contribution in [0.25, 0.3) is 11.0 Å². The average Bonchev–Trinajstić information content (AvgIpc) is 2.44. The molecule has 104 valence electrons. The van der Waals surface area contributed by atoms with Gasteiger partial charge in [-0.1, -0.05) is 18.2 Å². The van der Waals surface area contributed by atoms with E-state index in [1.54, 1.807) is 24.3 Å². The molecule has 1 heterocycles. The molecule has 0 fully saturated rings. The summed E-state index contributed by atoms with van der Waals surface area (Å²) in [5.74, 6) is -1.83. The van der Waals surface area contributed by atoms with Gasteiger partial charge in [0.1, 0.15) is 17.2 Å². The molecule has 6 heteroatoms. The van der Waals surface area contributed by atoms with Crippen LogP contribution in [-0.4, -0.2) is 35.0 Å². The van der Waals surface area contributed by atoms with Crippen LogP contribution in [0, 0.1) is 0 Å². The number of aliphatic carboxylic acids is 1. The third kappa shape index (κ3) is 2.40. The van der Waals surface area contributed by atoms with Gasteiger partial charge >= 0.3 is 11.6 Å². The highest BCUT2D eigenvalue weighted by molar-refractivity contribution is 5.98. The summed E-state index contributed by atoms with van der Waals surface area (Å²) in [5, 5.41) is 9.50. The lowest BCUT2D eigenvalue weighted by Gasteiger charge is -2.20. The molecule has 0 bridgehead atoms. The highest BCUT2D eigenvalue weighted by Gasteiger charge is 2.25. The molecule has 1 aromatic carbocycles. The summed E-state index contributed by atoms with van der Waals surface area (Å²) in [5.41, 5.74) is -0.583. The van der Waals surface area contributed by atoms with Gasteiger partial charge in [-0.3, -0.25) is 4.79 Å². The standard InChI is InChI=1S/C14H13NO5/c1-8(13(17)18)15(2)12(16)10-7-9-5-3-4-6-11(9)20-14(10)19/h3-8H,1-2H3,(H,17,18). The summed E-state index contributed by atoms with van der Waals surface area (Å²) in [7, 11) is 1.33. The number of carbonyl (C=O) groups excluding carboxylic acids is 1. The normalized spacial score (nSPS) is 12.1. The molecule has 0 aliphatic carbocycles. The van der Waals surface area contributed by atoms with Crippen molar-refractivity contribution in [2.24, 2.45) is 0 Å². The fourth-order valence-electron chi connectivity index (χ4n) is 1.74. The fourth-order valence-corrected chi connectivity index (χ4v) is 1.74. The smallest absolute Gasteiger partial charge is 0.349 e. The lowest BCUT2D eigenvalue weighted by Crippen LogP contribution is -2.41. The van der Waals surface area contributed by atoms with E-state index in [1.165, 1.54) is 20.0 Å². The number of carboxylic acid groups (broad SMARTS) is 1. The van der Waals surface area contributed by atoms with Gasteiger partial charge in [0.2, 0.25) is 0 Å². The van der Waals surface area contributed by atoms with Gasteiger partial charge in [0, 0.05) is 12.4 Å². The van der Waals surface area contributed by atoms with Crippen molar-refractivity contribution < 1.29 is 19.1 Å². The third-order valence-electron chi connectivity index (χ3n) is 3.13. The monoisotopic (exact) mass is 275 g/mol. The second kappa shape index (κ2) is 5.16. The van der Waals surface area contributed by atoms with Gasteiger partial charge in [-0.25, -0.2) is 9.59 Å². The zero-order valence-corrected chi connectivity index (χ0v) is 11.0. The minimum atomic E-state index is -1.15. The first kappa shape index (κ1) is 13.8. The van der Waals surface area contributed by atoms with Crippen LogP contribution in [0.5, 0.6) is 0 Å². The van der Waals surface area contributed by atoms with Crippen LogP contribution in [0.3, 0.4) is 0 Å². The SMILES string of the molecule is CC(C(=O)O)N(C)C(=O)c1cc2ccccc2oc1=O. The number of benzene rings is 1. The van der Waals surface area contributed by atoms with Crippen molar-refractivity contribution in [2.75, 3.05) is 7.05 Å². The third-order valence-corrected chi connectivity index (χ3v) is 3.13. The molecule has 2 rings (SSSR count). The number of likely N-dealkylation sites (N-methyl/N-ethyl adjacent to an activating group) is 1. The lowest BCUT2D eigenvalue weighted by atomic mass is 10.1. The van der Waals surface area contributed by atoms with Gasteiger partial charge in [-0.15, -0.1) is 0 Å². The van der Waals surface area contributed by atoms with Crippen molar-refractivity contribution in [3.05, 3.63) is 46.3 Å². The van der Waals surface area contributed by atoms with E-state index < -0.39 is 23.5 Å². The van der Waals surface area contributed by atoms with E-state index >= 15 is 0 Å². The molecule has 20 heavy (non-hydrogen) atoms. The fraction of sp³-hybridized carbons (Fsp3) is 0.214. The number of para-hydroxylation sites is 1.